The number of hydrogen-bond acceptors (Lipinski definition) is 3. The Hall–Kier alpha value is -0.620. The molecule has 1 fully saturated rings. The Morgan fingerprint density at radius 1 is 1.32 bits per heavy atom. The molecule has 0 aromatic heterocycles. The van der Waals surface area contributed by atoms with Gasteiger partial charge in [-0.1, -0.05) is 39.5 Å². The first-order valence-corrected chi connectivity index (χ1v) is 8.73. The second-order valence-corrected chi connectivity index (χ2v) is 7.40. The number of nitrogens with one attached hydrogen (secondary N) is 1. The van der Waals surface area contributed by atoms with E-state index in [1.54, 1.807) is 6.92 Å². The van der Waals surface area contributed by atoms with Crippen LogP contribution in [-0.4, -0.2) is 31.3 Å². The quantitative estimate of drug-likeness (QED) is 0.751. The van der Waals surface area contributed by atoms with E-state index in [9.17, 15) is 13.2 Å². The Morgan fingerprint density at radius 2 is 1.89 bits per heavy atom. The van der Waals surface area contributed by atoms with Gasteiger partial charge in [-0.25, -0.2) is 13.1 Å². The maximum absolute atomic E-state index is 12.1. The van der Waals surface area contributed by atoms with Gasteiger partial charge in [0.05, 0.1) is 5.75 Å². The molecule has 0 radical (unpaired) electrons. The van der Waals surface area contributed by atoms with Crippen molar-refractivity contribution in [1.82, 2.24) is 4.72 Å². The molecule has 0 aromatic carbocycles. The maximum Gasteiger partial charge on any atom is 0.322 e. The summed E-state index contributed by atoms with van der Waals surface area (Å²) in [5.74, 6) is -1.06. The Kier molecular flexibility index (Phi) is 6.26. The molecule has 19 heavy (non-hydrogen) atoms. The number of aliphatic carboxylic acids is 1. The average Bonchev–Trinajstić information content (AvgIpc) is 2.35. The number of sulfonamides is 1. The van der Waals surface area contributed by atoms with Crippen LogP contribution in [0.5, 0.6) is 0 Å². The highest BCUT2D eigenvalue weighted by Gasteiger charge is 2.30. The molecule has 0 heterocycles. The van der Waals surface area contributed by atoms with Crippen molar-refractivity contribution in [1.29, 1.82) is 0 Å². The van der Waals surface area contributed by atoms with Gasteiger partial charge in [-0.3, -0.25) is 4.79 Å². The fourth-order valence-electron chi connectivity index (χ4n) is 2.55. The van der Waals surface area contributed by atoms with Crippen molar-refractivity contribution in [2.45, 2.75) is 58.4 Å². The van der Waals surface area contributed by atoms with Crippen molar-refractivity contribution in [2.75, 3.05) is 5.75 Å². The average molecular weight is 291 g/mol. The van der Waals surface area contributed by atoms with Gasteiger partial charge < -0.3 is 5.11 Å². The molecule has 1 saturated carbocycles. The monoisotopic (exact) mass is 291 g/mol. The molecule has 5 nitrogen and oxygen atoms in total. The SMILES string of the molecule is CC[C@H](C)[C@H](NS(=O)(=O)CC1CCCCC1)C(=O)O. The number of carboxylic acid groups (broad SMARTS) is 1. The van der Waals surface area contributed by atoms with E-state index in [0.29, 0.717) is 6.42 Å². The normalized spacial score (nSPS) is 20.9. The zero-order valence-corrected chi connectivity index (χ0v) is 12.6. The third kappa shape index (κ3) is 5.48. The third-order valence-electron chi connectivity index (χ3n) is 3.97. The van der Waals surface area contributed by atoms with Crippen molar-refractivity contribution in [3.05, 3.63) is 0 Å². The topological polar surface area (TPSA) is 83.5 Å². The lowest BCUT2D eigenvalue weighted by Gasteiger charge is -2.24. The summed E-state index contributed by atoms with van der Waals surface area (Å²) in [6.07, 6.45) is 5.82. The summed E-state index contributed by atoms with van der Waals surface area (Å²) in [5, 5.41) is 9.12. The lowest BCUT2D eigenvalue weighted by atomic mass is 9.91. The van der Waals surface area contributed by atoms with Crippen LogP contribution >= 0.6 is 0 Å². The van der Waals surface area contributed by atoms with Gasteiger partial charge in [0.1, 0.15) is 6.04 Å². The minimum absolute atomic E-state index is 0.0627. The minimum Gasteiger partial charge on any atom is -0.480 e. The summed E-state index contributed by atoms with van der Waals surface area (Å²) in [5.41, 5.74) is 0. The lowest BCUT2D eigenvalue weighted by Crippen LogP contribution is -2.46. The first-order valence-electron chi connectivity index (χ1n) is 7.08. The standard InChI is InChI=1S/C13H25NO4S/c1-3-10(2)12(13(15)16)14-19(17,18)9-11-7-5-4-6-8-11/h10-12,14H,3-9H2,1-2H3,(H,15,16)/t10-,12-/m0/s1. The van der Waals surface area contributed by atoms with Crippen LogP contribution in [0.25, 0.3) is 0 Å². The molecule has 0 amide bonds. The molecule has 1 rings (SSSR count). The van der Waals surface area contributed by atoms with Crippen LogP contribution in [0.15, 0.2) is 0 Å². The summed E-state index contributed by atoms with van der Waals surface area (Å²) in [4.78, 5) is 11.1. The van der Waals surface area contributed by atoms with Gasteiger partial charge in [-0.15, -0.1) is 0 Å². The van der Waals surface area contributed by atoms with Gasteiger partial charge in [0.15, 0.2) is 0 Å². The smallest absolute Gasteiger partial charge is 0.322 e. The lowest BCUT2D eigenvalue weighted by molar-refractivity contribution is -0.140. The van der Waals surface area contributed by atoms with E-state index in [-0.39, 0.29) is 17.6 Å². The molecule has 2 N–H and O–H groups in total. The van der Waals surface area contributed by atoms with Crippen LogP contribution in [-0.2, 0) is 14.8 Å². The van der Waals surface area contributed by atoms with E-state index in [1.165, 1.54) is 6.42 Å². The molecule has 6 heteroatoms. The van der Waals surface area contributed by atoms with Gasteiger partial charge in [0, 0.05) is 0 Å². The Morgan fingerprint density at radius 3 is 2.37 bits per heavy atom. The number of hydrogen-bond donors (Lipinski definition) is 2. The van der Waals surface area contributed by atoms with Crippen LogP contribution in [0, 0.1) is 11.8 Å². The van der Waals surface area contributed by atoms with Gasteiger partial charge >= 0.3 is 5.97 Å². The molecule has 0 aromatic rings. The van der Waals surface area contributed by atoms with Crippen LogP contribution in [0.2, 0.25) is 0 Å². The molecule has 0 aliphatic heterocycles. The van der Waals surface area contributed by atoms with Crippen LogP contribution in [0.3, 0.4) is 0 Å². The van der Waals surface area contributed by atoms with Gasteiger partial charge in [-0.2, -0.15) is 0 Å². The summed E-state index contributed by atoms with van der Waals surface area (Å²) in [7, 11) is -3.51. The summed E-state index contributed by atoms with van der Waals surface area (Å²) in [6, 6.07) is -1.02. The Balaban J connectivity index is 2.62. The Labute approximate surface area is 115 Å². The minimum atomic E-state index is -3.51. The van der Waals surface area contributed by atoms with Gasteiger partial charge in [0.2, 0.25) is 10.0 Å². The summed E-state index contributed by atoms with van der Waals surface area (Å²) >= 11 is 0. The molecule has 0 saturated heterocycles. The molecule has 112 valence electrons. The zero-order chi connectivity index (χ0) is 14.5. The number of carboxylic acids is 1. The molecule has 0 bridgehead atoms. The second kappa shape index (κ2) is 7.24. The first kappa shape index (κ1) is 16.4. The predicted molar refractivity (Wildman–Crippen MR) is 74.4 cm³/mol. The van der Waals surface area contributed by atoms with Crippen molar-refractivity contribution in [3.63, 3.8) is 0 Å². The summed E-state index contributed by atoms with van der Waals surface area (Å²) in [6.45, 7) is 3.61. The Bertz CT molecular complexity index is 387. The molecule has 1 aliphatic carbocycles. The molecule has 0 unspecified atom stereocenters. The van der Waals surface area contributed by atoms with E-state index < -0.39 is 22.0 Å². The molecule has 1 aliphatic rings. The molecule has 0 spiro atoms. The van der Waals surface area contributed by atoms with Crippen molar-refractivity contribution < 1.29 is 18.3 Å². The highest BCUT2D eigenvalue weighted by atomic mass is 32.2. The first-order chi connectivity index (χ1) is 8.85. The summed E-state index contributed by atoms with van der Waals surface area (Å²) < 4.78 is 26.5. The van der Waals surface area contributed by atoms with E-state index in [4.69, 9.17) is 5.11 Å². The highest BCUT2D eigenvalue weighted by Crippen LogP contribution is 2.25. The van der Waals surface area contributed by atoms with Gasteiger partial charge in [-0.05, 0) is 24.7 Å². The van der Waals surface area contributed by atoms with Crippen LogP contribution < -0.4 is 4.72 Å². The van der Waals surface area contributed by atoms with E-state index in [0.717, 1.165) is 25.7 Å². The fourth-order valence-corrected chi connectivity index (χ4v) is 4.32. The van der Waals surface area contributed by atoms with Crippen molar-refractivity contribution in [3.8, 4) is 0 Å². The van der Waals surface area contributed by atoms with Crippen LogP contribution in [0.1, 0.15) is 52.4 Å². The van der Waals surface area contributed by atoms with E-state index >= 15 is 0 Å². The fraction of sp³-hybridized carbons (Fsp3) is 0.923. The predicted octanol–water partition coefficient (Wildman–Crippen LogP) is 1.99. The molecular weight excluding hydrogens is 266 g/mol. The van der Waals surface area contributed by atoms with Gasteiger partial charge in [0.25, 0.3) is 0 Å². The number of carbonyl (C=O) groups is 1. The molecular formula is C13H25NO4S. The van der Waals surface area contributed by atoms with E-state index in [2.05, 4.69) is 4.72 Å². The zero-order valence-electron chi connectivity index (χ0n) is 11.8. The van der Waals surface area contributed by atoms with Crippen LogP contribution in [0.4, 0.5) is 0 Å². The highest BCUT2D eigenvalue weighted by molar-refractivity contribution is 7.89. The van der Waals surface area contributed by atoms with Crippen molar-refractivity contribution >= 4 is 16.0 Å². The second-order valence-electron chi connectivity index (χ2n) is 5.60. The maximum atomic E-state index is 12.1. The molecule has 2 atom stereocenters. The van der Waals surface area contributed by atoms with E-state index in [1.807, 2.05) is 6.92 Å². The largest absolute Gasteiger partial charge is 0.480 e. The number of rotatable bonds is 7. The third-order valence-corrected chi connectivity index (χ3v) is 5.49. The van der Waals surface area contributed by atoms with Crippen molar-refractivity contribution in [2.24, 2.45) is 11.8 Å².